The van der Waals surface area contributed by atoms with Crippen LogP contribution in [-0.2, 0) is 14.6 Å². The third-order valence-electron chi connectivity index (χ3n) is 5.24. The minimum absolute atomic E-state index is 0.0419. The Balaban J connectivity index is 1.84. The average Bonchev–Trinajstić information content (AvgIpc) is 2.94. The molecule has 0 aromatic heterocycles. The molecule has 1 aromatic carbocycles. The molecule has 2 unspecified atom stereocenters. The van der Waals surface area contributed by atoms with Crippen molar-refractivity contribution in [2.24, 2.45) is 0 Å². The van der Waals surface area contributed by atoms with E-state index in [0.29, 0.717) is 31.8 Å². The third kappa shape index (κ3) is 3.87. The summed E-state index contributed by atoms with van der Waals surface area (Å²) in [6, 6.07) is 7.03. The maximum absolute atomic E-state index is 13.1. The second-order valence-corrected chi connectivity index (χ2v) is 9.34. The largest absolute Gasteiger partial charge is 0.383 e. The Morgan fingerprint density at radius 1 is 1.23 bits per heavy atom. The van der Waals surface area contributed by atoms with Crippen LogP contribution in [0.4, 0.5) is 5.69 Å². The number of rotatable bonds is 5. The second kappa shape index (κ2) is 7.54. The van der Waals surface area contributed by atoms with Crippen molar-refractivity contribution >= 4 is 21.4 Å². The summed E-state index contributed by atoms with van der Waals surface area (Å²) in [5.74, 6) is 0.0653. The quantitative estimate of drug-likeness (QED) is 0.732. The van der Waals surface area contributed by atoms with E-state index in [1.807, 2.05) is 37.2 Å². The van der Waals surface area contributed by atoms with Crippen molar-refractivity contribution in [3.05, 3.63) is 29.8 Å². The molecule has 2 atom stereocenters. The standard InChI is InChI=1S/C18H27N3O4S/c1-19(2)15-6-4-5-14(11-15)18(22)21-8-7-20(9-10-25-3)16-12-26(23,24)13-17(16)21/h4-6,11,16-17H,7-10,12-13H2,1-3H3. The van der Waals surface area contributed by atoms with E-state index in [4.69, 9.17) is 4.74 Å². The smallest absolute Gasteiger partial charge is 0.254 e. The molecule has 0 N–H and O–H groups in total. The van der Waals surface area contributed by atoms with Crippen molar-refractivity contribution in [3.8, 4) is 0 Å². The van der Waals surface area contributed by atoms with Gasteiger partial charge >= 0.3 is 0 Å². The summed E-state index contributed by atoms with van der Waals surface area (Å²) in [6.45, 7) is 2.44. The highest BCUT2D eigenvalue weighted by atomic mass is 32.2. The fourth-order valence-corrected chi connectivity index (χ4v) is 5.86. The number of amides is 1. The van der Waals surface area contributed by atoms with E-state index >= 15 is 0 Å². The number of hydrogen-bond acceptors (Lipinski definition) is 6. The van der Waals surface area contributed by atoms with Crippen LogP contribution >= 0.6 is 0 Å². The first kappa shape index (κ1) is 19.1. The van der Waals surface area contributed by atoms with E-state index in [-0.39, 0.29) is 29.5 Å². The Labute approximate surface area is 155 Å². The van der Waals surface area contributed by atoms with Gasteiger partial charge in [0.25, 0.3) is 5.91 Å². The van der Waals surface area contributed by atoms with Gasteiger partial charge in [-0.2, -0.15) is 0 Å². The molecule has 7 nitrogen and oxygen atoms in total. The van der Waals surface area contributed by atoms with Crippen molar-refractivity contribution in [2.75, 3.05) is 63.9 Å². The topological polar surface area (TPSA) is 70.2 Å². The van der Waals surface area contributed by atoms with Gasteiger partial charge in [0.05, 0.1) is 24.2 Å². The Bertz CT molecular complexity index is 765. The SMILES string of the molecule is COCCN1CCN(C(=O)c2cccc(N(C)C)c2)C2CS(=O)(=O)CC21. The van der Waals surface area contributed by atoms with Crippen LogP contribution in [0.2, 0.25) is 0 Å². The van der Waals surface area contributed by atoms with Gasteiger partial charge in [0, 0.05) is 58.1 Å². The van der Waals surface area contributed by atoms with Crippen molar-refractivity contribution in [1.29, 1.82) is 0 Å². The molecule has 0 bridgehead atoms. The molecule has 26 heavy (non-hydrogen) atoms. The van der Waals surface area contributed by atoms with Crippen LogP contribution in [0.5, 0.6) is 0 Å². The van der Waals surface area contributed by atoms with E-state index in [0.717, 1.165) is 5.69 Å². The molecule has 3 rings (SSSR count). The third-order valence-corrected chi connectivity index (χ3v) is 6.94. The summed E-state index contributed by atoms with van der Waals surface area (Å²) in [7, 11) is 2.35. The van der Waals surface area contributed by atoms with Gasteiger partial charge in [-0.25, -0.2) is 8.42 Å². The number of nitrogens with zero attached hydrogens (tertiary/aromatic N) is 3. The maximum Gasteiger partial charge on any atom is 0.254 e. The highest BCUT2D eigenvalue weighted by Crippen LogP contribution is 2.28. The molecule has 2 saturated heterocycles. The molecule has 0 spiro atoms. The normalized spacial score (nSPS) is 25.1. The predicted molar refractivity (Wildman–Crippen MR) is 101 cm³/mol. The molecule has 2 aliphatic heterocycles. The van der Waals surface area contributed by atoms with Crippen LogP contribution in [0, 0.1) is 0 Å². The number of hydrogen-bond donors (Lipinski definition) is 0. The van der Waals surface area contributed by atoms with Crippen LogP contribution in [0.1, 0.15) is 10.4 Å². The molecule has 1 aromatic rings. The molecule has 2 heterocycles. The minimum Gasteiger partial charge on any atom is -0.383 e. The van der Waals surface area contributed by atoms with E-state index in [2.05, 4.69) is 4.90 Å². The summed E-state index contributed by atoms with van der Waals surface area (Å²) >= 11 is 0. The van der Waals surface area contributed by atoms with Gasteiger partial charge in [-0.1, -0.05) is 6.07 Å². The Morgan fingerprint density at radius 3 is 2.65 bits per heavy atom. The Morgan fingerprint density at radius 2 is 1.96 bits per heavy atom. The molecular formula is C18H27N3O4S. The van der Waals surface area contributed by atoms with Crippen LogP contribution in [-0.4, -0.2) is 95.2 Å². The van der Waals surface area contributed by atoms with E-state index in [1.165, 1.54) is 0 Å². The second-order valence-electron chi connectivity index (χ2n) is 7.18. The van der Waals surface area contributed by atoms with Crippen LogP contribution in [0.25, 0.3) is 0 Å². The number of benzene rings is 1. The first-order chi connectivity index (χ1) is 12.3. The first-order valence-corrected chi connectivity index (χ1v) is 10.7. The van der Waals surface area contributed by atoms with E-state index in [9.17, 15) is 13.2 Å². The summed E-state index contributed by atoms with van der Waals surface area (Å²) in [4.78, 5) is 19.0. The van der Waals surface area contributed by atoms with Crippen molar-refractivity contribution in [1.82, 2.24) is 9.80 Å². The maximum atomic E-state index is 13.1. The lowest BCUT2D eigenvalue weighted by molar-refractivity contribution is 0.0247. The van der Waals surface area contributed by atoms with E-state index in [1.54, 1.807) is 18.1 Å². The number of piperazine rings is 1. The zero-order valence-electron chi connectivity index (χ0n) is 15.6. The van der Waals surface area contributed by atoms with Crippen LogP contribution in [0.3, 0.4) is 0 Å². The number of carbonyl (C=O) groups excluding carboxylic acids is 1. The number of carbonyl (C=O) groups is 1. The fraction of sp³-hybridized carbons (Fsp3) is 0.611. The average molecular weight is 381 g/mol. The number of anilines is 1. The van der Waals surface area contributed by atoms with Gasteiger partial charge in [-0.15, -0.1) is 0 Å². The van der Waals surface area contributed by atoms with Gasteiger partial charge in [0.1, 0.15) is 0 Å². The zero-order chi connectivity index (χ0) is 18.9. The Hall–Kier alpha value is -1.64. The van der Waals surface area contributed by atoms with Gasteiger partial charge < -0.3 is 14.5 Å². The molecular weight excluding hydrogens is 354 g/mol. The highest BCUT2D eigenvalue weighted by Gasteiger charge is 2.47. The predicted octanol–water partition coefficient (Wildman–Crippen LogP) is 0.322. The van der Waals surface area contributed by atoms with Crippen LogP contribution < -0.4 is 4.90 Å². The number of fused-ring (bicyclic) bond motifs is 1. The van der Waals surface area contributed by atoms with Gasteiger partial charge in [0.15, 0.2) is 9.84 Å². The molecule has 0 radical (unpaired) electrons. The lowest BCUT2D eigenvalue weighted by Gasteiger charge is -2.43. The molecule has 1 amide bonds. The monoisotopic (exact) mass is 381 g/mol. The van der Waals surface area contributed by atoms with Crippen molar-refractivity contribution in [2.45, 2.75) is 12.1 Å². The summed E-state index contributed by atoms with van der Waals surface area (Å²) in [5, 5.41) is 0. The molecule has 0 aliphatic carbocycles. The number of sulfone groups is 1. The first-order valence-electron chi connectivity index (χ1n) is 8.84. The molecule has 8 heteroatoms. The number of ether oxygens (including phenoxy) is 1. The zero-order valence-corrected chi connectivity index (χ0v) is 16.4. The molecule has 144 valence electrons. The van der Waals surface area contributed by atoms with Gasteiger partial charge in [-0.05, 0) is 18.2 Å². The molecule has 2 aliphatic rings. The Kier molecular flexibility index (Phi) is 5.55. The lowest BCUT2D eigenvalue weighted by Crippen LogP contribution is -2.61. The molecule has 2 fully saturated rings. The minimum atomic E-state index is -3.14. The lowest BCUT2D eigenvalue weighted by atomic mass is 10.0. The summed E-state index contributed by atoms with van der Waals surface area (Å²) in [5.41, 5.74) is 1.55. The fourth-order valence-electron chi connectivity index (χ4n) is 3.85. The van der Waals surface area contributed by atoms with E-state index < -0.39 is 9.84 Å². The van der Waals surface area contributed by atoms with Crippen LogP contribution in [0.15, 0.2) is 24.3 Å². The molecule has 0 saturated carbocycles. The summed E-state index contributed by atoms with van der Waals surface area (Å²) in [6.07, 6.45) is 0. The van der Waals surface area contributed by atoms with Gasteiger partial charge in [0.2, 0.25) is 0 Å². The number of methoxy groups -OCH3 is 1. The van der Waals surface area contributed by atoms with Crippen molar-refractivity contribution in [3.63, 3.8) is 0 Å². The van der Waals surface area contributed by atoms with Gasteiger partial charge in [-0.3, -0.25) is 9.69 Å². The van der Waals surface area contributed by atoms with Crippen molar-refractivity contribution < 1.29 is 17.9 Å². The highest BCUT2D eigenvalue weighted by molar-refractivity contribution is 7.91. The summed E-state index contributed by atoms with van der Waals surface area (Å²) < 4.78 is 29.7.